The van der Waals surface area contributed by atoms with Gasteiger partial charge in [0.15, 0.2) is 11.5 Å². The van der Waals surface area contributed by atoms with E-state index in [2.05, 4.69) is 5.32 Å². The summed E-state index contributed by atoms with van der Waals surface area (Å²) >= 11 is 0. The van der Waals surface area contributed by atoms with E-state index in [4.69, 9.17) is 9.47 Å². The summed E-state index contributed by atoms with van der Waals surface area (Å²) in [5.74, 6) is -0.196. The Morgan fingerprint density at radius 1 is 1.39 bits per heavy atom. The van der Waals surface area contributed by atoms with E-state index in [1.54, 1.807) is 13.8 Å². The molecule has 5 heteroatoms. The van der Waals surface area contributed by atoms with Gasteiger partial charge in [0.1, 0.15) is 5.82 Å². The average Bonchev–Trinajstić information content (AvgIpc) is 2.38. The number of ether oxygens (including phenoxy) is 2. The predicted octanol–water partition coefficient (Wildman–Crippen LogP) is 1.82. The molecule has 1 aliphatic heterocycles. The van der Waals surface area contributed by atoms with Gasteiger partial charge >= 0.3 is 0 Å². The lowest BCUT2D eigenvalue weighted by atomic mass is 9.97. The van der Waals surface area contributed by atoms with Crippen LogP contribution >= 0.6 is 0 Å². The maximum Gasteiger partial charge on any atom is 0.166 e. The fourth-order valence-corrected chi connectivity index (χ4v) is 2.37. The summed E-state index contributed by atoms with van der Waals surface area (Å²) in [6.45, 7) is 5.10. The number of benzene rings is 1. The van der Waals surface area contributed by atoms with Crippen LogP contribution in [-0.2, 0) is 4.74 Å². The maximum absolute atomic E-state index is 14.1. The molecule has 0 bridgehead atoms. The Kier molecular flexibility index (Phi) is 3.73. The molecule has 1 aromatic rings. The quantitative estimate of drug-likeness (QED) is 0.846. The Balaban J connectivity index is 2.54. The zero-order valence-electron chi connectivity index (χ0n) is 10.8. The Morgan fingerprint density at radius 2 is 2.11 bits per heavy atom. The highest BCUT2D eigenvalue weighted by Gasteiger charge is 2.27. The monoisotopic (exact) mass is 255 g/mol. The fourth-order valence-electron chi connectivity index (χ4n) is 2.37. The van der Waals surface area contributed by atoms with E-state index in [0.717, 1.165) is 6.54 Å². The first-order chi connectivity index (χ1) is 8.57. The molecule has 0 saturated carbocycles. The minimum Gasteiger partial charge on any atom is -0.504 e. The number of aromatic hydroxyl groups is 1. The standard InChI is InChI=1S/C13H18FNO3/c1-7-10(9-6-15-4-5-18-9)12(16)13(17-3)8(2)11(7)14/h9,15-16H,4-6H2,1-3H3. The van der Waals surface area contributed by atoms with Gasteiger partial charge in [-0.15, -0.1) is 0 Å². The van der Waals surface area contributed by atoms with E-state index in [1.807, 2.05) is 0 Å². The van der Waals surface area contributed by atoms with Gasteiger partial charge in [0, 0.05) is 24.2 Å². The van der Waals surface area contributed by atoms with Gasteiger partial charge in [-0.1, -0.05) is 0 Å². The van der Waals surface area contributed by atoms with Crippen molar-refractivity contribution in [1.82, 2.24) is 5.32 Å². The summed E-state index contributed by atoms with van der Waals surface area (Å²) in [6, 6.07) is 0. The Hall–Kier alpha value is -1.33. The van der Waals surface area contributed by atoms with Crippen molar-refractivity contribution in [1.29, 1.82) is 0 Å². The molecule has 0 aliphatic carbocycles. The van der Waals surface area contributed by atoms with Gasteiger partial charge < -0.3 is 19.9 Å². The van der Waals surface area contributed by atoms with Crippen molar-refractivity contribution in [2.45, 2.75) is 20.0 Å². The largest absolute Gasteiger partial charge is 0.504 e. The van der Waals surface area contributed by atoms with Gasteiger partial charge in [-0.25, -0.2) is 4.39 Å². The first kappa shape index (κ1) is 13.1. The van der Waals surface area contributed by atoms with Gasteiger partial charge in [-0.3, -0.25) is 0 Å². The van der Waals surface area contributed by atoms with Crippen molar-refractivity contribution in [3.63, 3.8) is 0 Å². The molecule has 1 unspecified atom stereocenters. The summed E-state index contributed by atoms with van der Waals surface area (Å²) in [4.78, 5) is 0. The van der Waals surface area contributed by atoms with Crippen LogP contribution in [0.3, 0.4) is 0 Å². The second-order valence-corrected chi connectivity index (χ2v) is 4.42. The number of hydrogen-bond acceptors (Lipinski definition) is 4. The topological polar surface area (TPSA) is 50.7 Å². The molecule has 0 spiro atoms. The van der Waals surface area contributed by atoms with Gasteiger partial charge in [-0.05, 0) is 19.4 Å². The molecule has 4 nitrogen and oxygen atoms in total. The van der Waals surface area contributed by atoms with Crippen LogP contribution in [0.1, 0.15) is 22.8 Å². The number of nitrogens with one attached hydrogen (secondary N) is 1. The molecule has 1 aliphatic rings. The van der Waals surface area contributed by atoms with Crippen molar-refractivity contribution in [2.24, 2.45) is 0 Å². The molecular formula is C13H18FNO3. The minimum absolute atomic E-state index is 0.0254. The lowest BCUT2D eigenvalue weighted by molar-refractivity contribution is 0.0254. The number of hydrogen-bond donors (Lipinski definition) is 2. The van der Waals surface area contributed by atoms with E-state index in [1.165, 1.54) is 7.11 Å². The first-order valence-electron chi connectivity index (χ1n) is 5.95. The van der Waals surface area contributed by atoms with Crippen LogP contribution in [0.4, 0.5) is 4.39 Å². The van der Waals surface area contributed by atoms with Crippen molar-refractivity contribution in [2.75, 3.05) is 26.8 Å². The fraction of sp³-hybridized carbons (Fsp3) is 0.538. The Bertz CT molecular complexity index is 456. The van der Waals surface area contributed by atoms with E-state index in [-0.39, 0.29) is 23.4 Å². The number of morpholine rings is 1. The molecule has 2 rings (SSSR count). The molecule has 1 aromatic carbocycles. The number of phenols is 1. The smallest absolute Gasteiger partial charge is 0.166 e. The van der Waals surface area contributed by atoms with Crippen LogP contribution in [0.5, 0.6) is 11.5 Å². The van der Waals surface area contributed by atoms with Crippen LogP contribution in [0.25, 0.3) is 0 Å². The Labute approximate surface area is 106 Å². The van der Waals surface area contributed by atoms with E-state index in [0.29, 0.717) is 29.8 Å². The maximum atomic E-state index is 14.1. The summed E-state index contributed by atoms with van der Waals surface area (Å²) in [6.07, 6.45) is -0.345. The molecule has 1 saturated heterocycles. The molecule has 1 atom stereocenters. The number of rotatable bonds is 2. The Morgan fingerprint density at radius 3 is 2.67 bits per heavy atom. The SMILES string of the molecule is COc1c(C)c(F)c(C)c(C2CNCCO2)c1O. The number of methoxy groups -OCH3 is 1. The molecule has 1 heterocycles. The van der Waals surface area contributed by atoms with Crippen molar-refractivity contribution in [3.05, 3.63) is 22.5 Å². The first-order valence-corrected chi connectivity index (χ1v) is 5.95. The van der Waals surface area contributed by atoms with Gasteiger partial charge in [0.2, 0.25) is 0 Å². The summed E-state index contributed by atoms with van der Waals surface area (Å²) in [5.41, 5.74) is 1.21. The van der Waals surface area contributed by atoms with Crippen LogP contribution in [0, 0.1) is 19.7 Å². The summed E-state index contributed by atoms with van der Waals surface area (Å²) < 4.78 is 24.8. The normalized spacial score (nSPS) is 19.9. The van der Waals surface area contributed by atoms with E-state index < -0.39 is 0 Å². The number of halogens is 1. The second-order valence-electron chi connectivity index (χ2n) is 4.42. The van der Waals surface area contributed by atoms with Crippen molar-refractivity contribution >= 4 is 0 Å². The van der Waals surface area contributed by atoms with Crippen LogP contribution in [0.15, 0.2) is 0 Å². The van der Waals surface area contributed by atoms with Crippen LogP contribution in [-0.4, -0.2) is 31.9 Å². The van der Waals surface area contributed by atoms with Crippen LogP contribution < -0.4 is 10.1 Å². The summed E-state index contributed by atoms with van der Waals surface area (Å²) in [7, 11) is 1.42. The zero-order valence-corrected chi connectivity index (χ0v) is 10.8. The third-order valence-corrected chi connectivity index (χ3v) is 3.33. The minimum atomic E-state index is -0.353. The highest BCUT2D eigenvalue weighted by atomic mass is 19.1. The predicted molar refractivity (Wildman–Crippen MR) is 65.7 cm³/mol. The lowest BCUT2D eigenvalue weighted by Gasteiger charge is -2.27. The van der Waals surface area contributed by atoms with E-state index >= 15 is 0 Å². The third kappa shape index (κ3) is 2.04. The van der Waals surface area contributed by atoms with Crippen LogP contribution in [0.2, 0.25) is 0 Å². The van der Waals surface area contributed by atoms with Gasteiger partial charge in [-0.2, -0.15) is 0 Å². The van der Waals surface area contributed by atoms with Gasteiger partial charge in [0.25, 0.3) is 0 Å². The summed E-state index contributed by atoms with van der Waals surface area (Å²) in [5, 5.41) is 13.4. The van der Waals surface area contributed by atoms with Gasteiger partial charge in [0.05, 0.1) is 19.8 Å². The molecule has 2 N–H and O–H groups in total. The van der Waals surface area contributed by atoms with E-state index in [9.17, 15) is 9.50 Å². The number of phenolic OH excluding ortho intramolecular Hbond substituents is 1. The van der Waals surface area contributed by atoms with Crippen molar-refractivity contribution in [3.8, 4) is 11.5 Å². The lowest BCUT2D eigenvalue weighted by Crippen LogP contribution is -2.33. The average molecular weight is 255 g/mol. The highest BCUT2D eigenvalue weighted by Crippen LogP contribution is 2.42. The highest BCUT2D eigenvalue weighted by molar-refractivity contribution is 5.56. The molecule has 0 amide bonds. The molecular weight excluding hydrogens is 237 g/mol. The molecule has 100 valence electrons. The second kappa shape index (κ2) is 5.12. The molecule has 0 aromatic heterocycles. The molecule has 0 radical (unpaired) electrons. The zero-order chi connectivity index (χ0) is 13.3. The van der Waals surface area contributed by atoms with Crippen molar-refractivity contribution < 1.29 is 19.0 Å². The molecule has 1 fully saturated rings. The molecule has 18 heavy (non-hydrogen) atoms. The third-order valence-electron chi connectivity index (χ3n) is 3.33.